The molecule has 0 aromatic heterocycles. The summed E-state index contributed by atoms with van der Waals surface area (Å²) in [6, 6.07) is 4.24. The number of primary amides is 1. The number of hydrogen-bond donors (Lipinski definition) is 3. The smallest absolute Gasteiger partial charge is 0.305 e. The number of piperazine rings is 1. The summed E-state index contributed by atoms with van der Waals surface area (Å²) in [5, 5.41) is 11.6. The predicted octanol–water partition coefficient (Wildman–Crippen LogP) is -0.127. The van der Waals surface area contributed by atoms with Crippen molar-refractivity contribution in [1.82, 2.24) is 5.32 Å². The van der Waals surface area contributed by atoms with E-state index < -0.39 is 17.9 Å². The standard InChI is InChI=1S/C14H17N3O4/c1-8-2-3-9(13(15)20)10(6-8)17-5-4-16-14(21)11(17)7-12(18)19/h2-3,6,11H,4-5,7H2,1H3,(H2,15,20)(H,16,21)(H,18,19). The van der Waals surface area contributed by atoms with Crippen LogP contribution in [0.3, 0.4) is 0 Å². The molecule has 7 nitrogen and oxygen atoms in total. The summed E-state index contributed by atoms with van der Waals surface area (Å²) < 4.78 is 0. The summed E-state index contributed by atoms with van der Waals surface area (Å²) in [7, 11) is 0. The number of nitrogens with zero attached hydrogens (tertiary/aromatic N) is 1. The SMILES string of the molecule is Cc1ccc(C(N)=O)c(N2CCNC(=O)C2CC(=O)O)c1. The summed E-state index contributed by atoms with van der Waals surface area (Å²) in [6.07, 6.45) is -0.335. The second-order valence-electron chi connectivity index (χ2n) is 4.98. The summed E-state index contributed by atoms with van der Waals surface area (Å²) in [4.78, 5) is 36.1. The third-order valence-electron chi connectivity index (χ3n) is 3.43. The average Bonchev–Trinajstić information content (AvgIpc) is 2.40. The first-order valence-corrected chi connectivity index (χ1v) is 6.56. The molecule has 0 bridgehead atoms. The van der Waals surface area contributed by atoms with E-state index in [1.54, 1.807) is 23.1 Å². The van der Waals surface area contributed by atoms with Crippen molar-refractivity contribution < 1.29 is 19.5 Å². The van der Waals surface area contributed by atoms with E-state index in [-0.39, 0.29) is 17.9 Å². The molecule has 1 saturated heterocycles. The van der Waals surface area contributed by atoms with Gasteiger partial charge in [-0.15, -0.1) is 0 Å². The van der Waals surface area contributed by atoms with E-state index in [0.29, 0.717) is 18.8 Å². The van der Waals surface area contributed by atoms with Crippen molar-refractivity contribution in [3.63, 3.8) is 0 Å². The number of anilines is 1. The van der Waals surface area contributed by atoms with Crippen LogP contribution in [-0.2, 0) is 9.59 Å². The molecule has 1 unspecified atom stereocenters. The molecule has 1 atom stereocenters. The van der Waals surface area contributed by atoms with E-state index >= 15 is 0 Å². The zero-order chi connectivity index (χ0) is 15.6. The van der Waals surface area contributed by atoms with Crippen molar-refractivity contribution in [1.29, 1.82) is 0 Å². The van der Waals surface area contributed by atoms with Crippen LogP contribution >= 0.6 is 0 Å². The Morgan fingerprint density at radius 2 is 2.19 bits per heavy atom. The van der Waals surface area contributed by atoms with Gasteiger partial charge in [-0.3, -0.25) is 14.4 Å². The molecule has 1 heterocycles. The molecule has 21 heavy (non-hydrogen) atoms. The third-order valence-corrected chi connectivity index (χ3v) is 3.43. The van der Waals surface area contributed by atoms with Gasteiger partial charge in [0.05, 0.1) is 17.7 Å². The lowest BCUT2D eigenvalue weighted by molar-refractivity contribution is -0.139. The lowest BCUT2D eigenvalue weighted by atomic mass is 10.0. The van der Waals surface area contributed by atoms with Gasteiger partial charge in [-0.05, 0) is 24.6 Å². The number of hydrogen-bond acceptors (Lipinski definition) is 4. The molecule has 0 aliphatic carbocycles. The minimum atomic E-state index is -1.07. The summed E-state index contributed by atoms with van der Waals surface area (Å²) in [6.45, 7) is 2.67. The van der Waals surface area contributed by atoms with E-state index in [2.05, 4.69) is 5.32 Å². The Kier molecular flexibility index (Phi) is 4.11. The Balaban J connectivity index is 2.46. The van der Waals surface area contributed by atoms with Crippen LogP contribution in [0.4, 0.5) is 5.69 Å². The van der Waals surface area contributed by atoms with Crippen molar-refractivity contribution in [2.45, 2.75) is 19.4 Å². The molecular formula is C14H17N3O4. The molecule has 1 fully saturated rings. The van der Waals surface area contributed by atoms with Gasteiger partial charge in [-0.1, -0.05) is 6.07 Å². The van der Waals surface area contributed by atoms with E-state index in [1.807, 2.05) is 6.92 Å². The van der Waals surface area contributed by atoms with Crippen molar-refractivity contribution in [3.05, 3.63) is 29.3 Å². The molecule has 1 aliphatic heterocycles. The van der Waals surface area contributed by atoms with Gasteiger partial charge in [0.1, 0.15) is 6.04 Å². The molecule has 0 radical (unpaired) electrons. The second-order valence-corrected chi connectivity index (χ2v) is 4.98. The van der Waals surface area contributed by atoms with Crippen molar-refractivity contribution in [2.24, 2.45) is 5.73 Å². The molecule has 4 N–H and O–H groups in total. The highest BCUT2D eigenvalue weighted by Crippen LogP contribution is 2.26. The summed E-state index contributed by atoms with van der Waals surface area (Å²) in [5.74, 6) is -2.04. The van der Waals surface area contributed by atoms with E-state index in [9.17, 15) is 14.4 Å². The second kappa shape index (κ2) is 5.82. The Hall–Kier alpha value is -2.57. The molecule has 2 rings (SSSR count). The number of carboxylic acids is 1. The van der Waals surface area contributed by atoms with Gasteiger partial charge in [-0.25, -0.2) is 0 Å². The highest BCUT2D eigenvalue weighted by atomic mass is 16.4. The van der Waals surface area contributed by atoms with E-state index in [0.717, 1.165) is 5.56 Å². The van der Waals surface area contributed by atoms with Gasteiger partial charge in [0, 0.05) is 13.1 Å². The maximum atomic E-state index is 11.9. The molecule has 1 aromatic rings. The first-order chi connectivity index (χ1) is 9.90. The fraction of sp³-hybridized carbons (Fsp3) is 0.357. The molecule has 1 aliphatic rings. The van der Waals surface area contributed by atoms with Crippen LogP contribution in [0.2, 0.25) is 0 Å². The number of aryl methyl sites for hydroxylation is 1. The maximum Gasteiger partial charge on any atom is 0.305 e. The molecule has 112 valence electrons. The Labute approximate surface area is 121 Å². The summed E-state index contributed by atoms with van der Waals surface area (Å²) in [5.41, 5.74) is 7.05. The zero-order valence-electron chi connectivity index (χ0n) is 11.6. The quantitative estimate of drug-likeness (QED) is 0.715. The average molecular weight is 291 g/mol. The predicted molar refractivity (Wildman–Crippen MR) is 76.1 cm³/mol. The topological polar surface area (TPSA) is 113 Å². The lowest BCUT2D eigenvalue weighted by Gasteiger charge is -2.37. The van der Waals surface area contributed by atoms with Crippen LogP contribution < -0.4 is 16.0 Å². The van der Waals surface area contributed by atoms with Gasteiger partial charge in [0.15, 0.2) is 0 Å². The molecular weight excluding hydrogens is 274 g/mol. The van der Waals surface area contributed by atoms with Crippen LogP contribution in [0, 0.1) is 6.92 Å². The van der Waals surface area contributed by atoms with Crippen LogP contribution in [0.1, 0.15) is 22.3 Å². The molecule has 0 spiro atoms. The lowest BCUT2D eigenvalue weighted by Crippen LogP contribution is -2.56. The van der Waals surface area contributed by atoms with Crippen molar-refractivity contribution in [3.8, 4) is 0 Å². The maximum absolute atomic E-state index is 11.9. The first kappa shape index (κ1) is 14.8. The molecule has 2 amide bonds. The number of aliphatic carboxylic acids is 1. The van der Waals surface area contributed by atoms with Gasteiger partial charge < -0.3 is 21.1 Å². The largest absolute Gasteiger partial charge is 0.481 e. The van der Waals surface area contributed by atoms with Crippen molar-refractivity contribution >= 4 is 23.5 Å². The number of carboxylic acid groups (broad SMARTS) is 1. The molecule has 0 saturated carbocycles. The monoisotopic (exact) mass is 291 g/mol. The Morgan fingerprint density at radius 3 is 2.81 bits per heavy atom. The number of carbonyl (C=O) groups is 3. The number of carbonyl (C=O) groups excluding carboxylic acids is 2. The minimum Gasteiger partial charge on any atom is -0.481 e. The Morgan fingerprint density at radius 1 is 1.48 bits per heavy atom. The highest BCUT2D eigenvalue weighted by Gasteiger charge is 2.33. The van der Waals surface area contributed by atoms with Gasteiger partial charge in [0.25, 0.3) is 5.91 Å². The van der Waals surface area contributed by atoms with Crippen LogP contribution in [0.15, 0.2) is 18.2 Å². The van der Waals surface area contributed by atoms with E-state index in [1.165, 1.54) is 0 Å². The molecule has 1 aromatic carbocycles. The van der Waals surface area contributed by atoms with Crippen LogP contribution in [0.25, 0.3) is 0 Å². The number of benzene rings is 1. The summed E-state index contributed by atoms with van der Waals surface area (Å²) >= 11 is 0. The van der Waals surface area contributed by atoms with Crippen LogP contribution in [0.5, 0.6) is 0 Å². The van der Waals surface area contributed by atoms with Crippen molar-refractivity contribution in [2.75, 3.05) is 18.0 Å². The number of nitrogens with two attached hydrogens (primary N) is 1. The van der Waals surface area contributed by atoms with Crippen LogP contribution in [-0.4, -0.2) is 42.0 Å². The fourth-order valence-electron chi connectivity index (χ4n) is 2.46. The normalized spacial score (nSPS) is 18.2. The zero-order valence-corrected chi connectivity index (χ0v) is 11.6. The van der Waals surface area contributed by atoms with Gasteiger partial charge >= 0.3 is 5.97 Å². The number of amides is 2. The first-order valence-electron chi connectivity index (χ1n) is 6.56. The highest BCUT2D eigenvalue weighted by molar-refractivity contribution is 6.00. The number of nitrogens with one attached hydrogen (secondary N) is 1. The minimum absolute atomic E-state index is 0.283. The van der Waals surface area contributed by atoms with E-state index in [4.69, 9.17) is 10.8 Å². The number of rotatable bonds is 4. The Bertz CT molecular complexity index is 600. The molecule has 7 heteroatoms. The third kappa shape index (κ3) is 3.13. The van der Waals surface area contributed by atoms with Gasteiger partial charge in [0.2, 0.25) is 5.91 Å². The van der Waals surface area contributed by atoms with Gasteiger partial charge in [-0.2, -0.15) is 0 Å². The fourth-order valence-corrected chi connectivity index (χ4v) is 2.46.